The summed E-state index contributed by atoms with van der Waals surface area (Å²) in [7, 11) is 0. The summed E-state index contributed by atoms with van der Waals surface area (Å²) in [6.07, 6.45) is 3.26. The minimum absolute atomic E-state index is 0.00767. The van der Waals surface area contributed by atoms with E-state index in [4.69, 9.17) is 15.6 Å². The molecule has 0 aromatic heterocycles. The van der Waals surface area contributed by atoms with Crippen LogP contribution in [0.25, 0.3) is 0 Å². The van der Waals surface area contributed by atoms with Crippen LogP contribution in [0.15, 0.2) is 54.6 Å². The first kappa shape index (κ1) is 45.7. The van der Waals surface area contributed by atoms with Crippen LogP contribution in [-0.4, -0.2) is 81.1 Å². The molecule has 1 heterocycles. The number of amides is 3. The van der Waals surface area contributed by atoms with E-state index in [0.29, 0.717) is 16.7 Å². The summed E-state index contributed by atoms with van der Waals surface area (Å²) >= 11 is 0. The van der Waals surface area contributed by atoms with Gasteiger partial charge in [-0.15, -0.1) is 0 Å². The van der Waals surface area contributed by atoms with Crippen LogP contribution < -0.4 is 11.1 Å². The number of nitrogens with two attached hydrogens (primary N) is 1. The number of ether oxygens (including phenoxy) is 1. The summed E-state index contributed by atoms with van der Waals surface area (Å²) in [6.45, 7) is 7.50. The fraction of sp³-hybridized carbons (Fsp3) is 0.556. The third kappa shape index (κ3) is 13.5. The highest BCUT2D eigenvalue weighted by atomic mass is 16.5. The van der Waals surface area contributed by atoms with Crippen LogP contribution >= 0.6 is 0 Å². The molecule has 1 aliphatic carbocycles. The molecule has 58 heavy (non-hydrogen) atoms. The van der Waals surface area contributed by atoms with Gasteiger partial charge in [0, 0.05) is 56.9 Å². The van der Waals surface area contributed by atoms with Gasteiger partial charge in [-0.3, -0.25) is 38.4 Å². The molecule has 0 bridgehead atoms. The van der Waals surface area contributed by atoms with Crippen LogP contribution in [-0.2, 0) is 55.9 Å². The highest BCUT2D eigenvalue weighted by molar-refractivity contribution is 6.38. The molecule has 1 aliphatic heterocycles. The fourth-order valence-electron chi connectivity index (χ4n) is 8.21. The summed E-state index contributed by atoms with van der Waals surface area (Å²) in [5, 5.41) is 11.6. The molecular formula is C45H59N3O10. The Hall–Kier alpha value is -5.04. The summed E-state index contributed by atoms with van der Waals surface area (Å²) in [5.74, 6) is -6.43. The van der Waals surface area contributed by atoms with Crippen molar-refractivity contribution in [3.63, 3.8) is 0 Å². The first-order valence-corrected chi connectivity index (χ1v) is 20.5. The van der Waals surface area contributed by atoms with Crippen molar-refractivity contribution in [1.29, 1.82) is 0 Å². The number of hydrogen-bond donors (Lipinski definition) is 3. The van der Waals surface area contributed by atoms with E-state index in [1.807, 2.05) is 20.8 Å². The molecule has 1 saturated carbocycles. The normalized spacial score (nSPS) is 18.8. The maximum Gasteiger partial charge on any atom is 0.307 e. The second kappa shape index (κ2) is 21.1. The van der Waals surface area contributed by atoms with Crippen LogP contribution in [0.5, 0.6) is 0 Å². The van der Waals surface area contributed by atoms with Crippen molar-refractivity contribution in [1.82, 2.24) is 10.2 Å². The first-order valence-electron chi connectivity index (χ1n) is 20.5. The molecule has 2 aromatic carbocycles. The summed E-state index contributed by atoms with van der Waals surface area (Å²) < 4.78 is 6.28. The van der Waals surface area contributed by atoms with Gasteiger partial charge in [-0.05, 0) is 62.6 Å². The molecule has 4 N–H and O–H groups in total. The zero-order chi connectivity index (χ0) is 42.6. The number of hydrogen-bond acceptors (Lipinski definition) is 9. The molecule has 0 radical (unpaired) electrons. The van der Waals surface area contributed by atoms with Gasteiger partial charge in [-0.1, -0.05) is 80.8 Å². The Morgan fingerprint density at radius 2 is 1.48 bits per heavy atom. The molecule has 314 valence electrons. The molecule has 2 fully saturated rings. The molecule has 2 aliphatic rings. The molecule has 13 heteroatoms. The Kier molecular flexibility index (Phi) is 16.6. The Morgan fingerprint density at radius 1 is 0.862 bits per heavy atom. The van der Waals surface area contributed by atoms with Crippen LogP contribution in [0.1, 0.15) is 121 Å². The van der Waals surface area contributed by atoms with Crippen molar-refractivity contribution < 1.29 is 48.2 Å². The van der Waals surface area contributed by atoms with Crippen LogP contribution in [0.3, 0.4) is 0 Å². The monoisotopic (exact) mass is 801 g/mol. The smallest absolute Gasteiger partial charge is 0.307 e. The van der Waals surface area contributed by atoms with Gasteiger partial charge in [0.05, 0.1) is 24.2 Å². The number of rotatable bonds is 21. The van der Waals surface area contributed by atoms with E-state index in [1.54, 1.807) is 61.5 Å². The molecule has 3 amide bonds. The third-order valence-corrected chi connectivity index (χ3v) is 11.1. The van der Waals surface area contributed by atoms with Gasteiger partial charge in [0.25, 0.3) is 0 Å². The molecule has 13 nitrogen and oxygen atoms in total. The first-order chi connectivity index (χ1) is 27.4. The van der Waals surface area contributed by atoms with Gasteiger partial charge >= 0.3 is 5.97 Å². The van der Waals surface area contributed by atoms with Gasteiger partial charge < -0.3 is 25.8 Å². The number of aliphatic carboxylic acids is 1. The minimum atomic E-state index is -1.11. The number of carbonyl (C=O) groups is 8. The SMILES string of the molecule is CCC(CC(=O)[C@@H]1C[C@@H](OC(C)(C)C)CN1C(=O)[C@@H](CC(=O)Cc1ccc(CC(=O)O)cc1)C1CCCCC1)C(=O)C(=O)CCC(=O)N[C@H](C(N)=O)c1ccccc1. The average Bonchev–Trinajstić information content (AvgIpc) is 3.60. The molecular weight excluding hydrogens is 743 g/mol. The van der Waals surface area contributed by atoms with Crippen molar-refractivity contribution in [2.45, 2.75) is 135 Å². The lowest BCUT2D eigenvalue weighted by Gasteiger charge is -2.34. The van der Waals surface area contributed by atoms with Gasteiger partial charge in [0.2, 0.25) is 23.5 Å². The number of Topliss-reactive ketones (excluding diaryl/α,β-unsaturated/α-hetero) is 4. The third-order valence-electron chi connectivity index (χ3n) is 11.1. The second-order valence-electron chi connectivity index (χ2n) is 16.8. The van der Waals surface area contributed by atoms with Crippen LogP contribution in [0.4, 0.5) is 0 Å². The number of benzene rings is 2. The Labute approximate surface area is 340 Å². The van der Waals surface area contributed by atoms with E-state index in [9.17, 15) is 38.4 Å². The number of carboxylic acids is 1. The van der Waals surface area contributed by atoms with Crippen molar-refractivity contribution in [3.05, 3.63) is 71.3 Å². The molecule has 4 rings (SSSR count). The number of nitrogens with one attached hydrogen (secondary N) is 1. The topological polar surface area (TPSA) is 207 Å². The minimum Gasteiger partial charge on any atom is -0.481 e. The number of carbonyl (C=O) groups excluding carboxylic acids is 7. The zero-order valence-corrected chi connectivity index (χ0v) is 34.2. The number of nitrogens with zero attached hydrogens (tertiary/aromatic N) is 1. The number of ketones is 4. The highest BCUT2D eigenvalue weighted by Gasteiger charge is 2.45. The van der Waals surface area contributed by atoms with Crippen molar-refractivity contribution in [3.8, 4) is 0 Å². The lowest BCUT2D eigenvalue weighted by Crippen LogP contribution is -2.47. The van der Waals surface area contributed by atoms with Crippen molar-refractivity contribution in [2.24, 2.45) is 23.5 Å². The van der Waals surface area contributed by atoms with Crippen molar-refractivity contribution >= 4 is 46.8 Å². The standard InChI is InChI=1S/C45H59N3O10/c1-5-30(42(55)37(50)20-21-39(52)47-41(43(46)56)32-14-10-7-11-15-32)24-38(51)36-26-34(58-45(2,3)4)27-48(36)44(57)35(31-12-8-6-9-13-31)25-33(49)22-28-16-18-29(19-17-28)23-40(53)54/h7,10-11,14-19,30-31,34-36,41H,5-6,8-9,12-13,20-27H2,1-4H3,(H2,46,56)(H,47,52)(H,53,54)/t30?,34-,35+,36+,41+/m1/s1. The van der Waals surface area contributed by atoms with Crippen LogP contribution in [0, 0.1) is 17.8 Å². The highest BCUT2D eigenvalue weighted by Crippen LogP contribution is 2.36. The Morgan fingerprint density at radius 3 is 2.05 bits per heavy atom. The van der Waals surface area contributed by atoms with Gasteiger partial charge in [0.1, 0.15) is 11.8 Å². The lowest BCUT2D eigenvalue weighted by atomic mass is 9.76. The maximum atomic E-state index is 14.7. The molecule has 1 unspecified atom stereocenters. The van der Waals surface area contributed by atoms with E-state index in [0.717, 1.165) is 32.1 Å². The Bertz CT molecular complexity index is 1800. The van der Waals surface area contributed by atoms with Crippen molar-refractivity contribution in [2.75, 3.05) is 6.54 Å². The Balaban J connectivity index is 1.46. The average molecular weight is 802 g/mol. The second-order valence-corrected chi connectivity index (χ2v) is 16.8. The van der Waals surface area contributed by atoms with Crippen LogP contribution in [0.2, 0.25) is 0 Å². The number of carboxylic acid groups (broad SMARTS) is 1. The summed E-state index contributed by atoms with van der Waals surface area (Å²) in [4.78, 5) is 106. The van der Waals surface area contributed by atoms with E-state index < -0.39 is 71.4 Å². The van der Waals surface area contributed by atoms with Gasteiger partial charge in [-0.2, -0.15) is 0 Å². The molecule has 2 aromatic rings. The lowest BCUT2D eigenvalue weighted by molar-refractivity contribution is -0.146. The molecule has 0 spiro atoms. The van der Waals surface area contributed by atoms with E-state index >= 15 is 0 Å². The number of likely N-dealkylation sites (tertiary alicyclic amines) is 1. The zero-order valence-electron chi connectivity index (χ0n) is 34.2. The predicted octanol–water partition coefficient (Wildman–Crippen LogP) is 5.04. The fourth-order valence-corrected chi connectivity index (χ4v) is 8.21. The van der Waals surface area contributed by atoms with E-state index in [1.165, 1.54) is 4.90 Å². The number of primary amides is 1. The molecule has 5 atom stereocenters. The quantitative estimate of drug-likeness (QED) is 0.143. The summed E-state index contributed by atoms with van der Waals surface area (Å²) in [6, 6.07) is 13.2. The maximum absolute atomic E-state index is 14.7. The van der Waals surface area contributed by atoms with E-state index in [-0.39, 0.29) is 74.9 Å². The van der Waals surface area contributed by atoms with Gasteiger partial charge in [0.15, 0.2) is 11.6 Å². The van der Waals surface area contributed by atoms with Gasteiger partial charge in [-0.25, -0.2) is 0 Å². The predicted molar refractivity (Wildman–Crippen MR) is 215 cm³/mol. The molecule has 1 saturated heterocycles. The largest absolute Gasteiger partial charge is 0.481 e. The summed E-state index contributed by atoms with van der Waals surface area (Å²) in [5.41, 5.74) is 6.73. The van der Waals surface area contributed by atoms with E-state index in [2.05, 4.69) is 5.32 Å².